The minimum Gasteiger partial charge on any atom is -0.379 e. The third kappa shape index (κ3) is 3.25. The van der Waals surface area contributed by atoms with Crippen LogP contribution >= 0.6 is 11.3 Å². The molecule has 0 saturated carbocycles. The average Bonchev–Trinajstić information content (AvgIpc) is 2.96. The van der Waals surface area contributed by atoms with Gasteiger partial charge in [-0.05, 0) is 23.8 Å². The monoisotopic (exact) mass is 338 g/mol. The Kier molecular flexibility index (Phi) is 4.34. The number of aromatic nitrogens is 1. The number of rotatable bonds is 4. The quantitative estimate of drug-likeness (QED) is 0.794. The molecule has 0 spiro atoms. The molecule has 0 N–H and O–H groups in total. The summed E-state index contributed by atoms with van der Waals surface area (Å²) in [5.41, 5.74) is 1.49. The number of morpholine rings is 1. The fourth-order valence-corrected chi connectivity index (χ4v) is 4.15. The van der Waals surface area contributed by atoms with Crippen LogP contribution in [0.25, 0.3) is 16.3 Å². The topological polar surface area (TPSA) is 76.6 Å². The van der Waals surface area contributed by atoms with Gasteiger partial charge in [-0.1, -0.05) is 6.07 Å². The average molecular weight is 338 g/mol. The van der Waals surface area contributed by atoms with Crippen molar-refractivity contribution in [3.8, 4) is 0 Å². The molecule has 1 aliphatic rings. The lowest BCUT2D eigenvalue weighted by molar-refractivity contribution is 0.0736. The van der Waals surface area contributed by atoms with Gasteiger partial charge in [0.05, 0.1) is 23.4 Å². The van der Waals surface area contributed by atoms with E-state index in [1.807, 2.05) is 6.07 Å². The molecule has 3 rings (SSSR count). The Morgan fingerprint density at radius 3 is 2.77 bits per heavy atom. The first-order chi connectivity index (χ1) is 10.6. The summed E-state index contributed by atoms with van der Waals surface area (Å²) in [7, 11) is -3.43. The van der Waals surface area contributed by atoms with Crippen molar-refractivity contribution in [2.45, 2.75) is 0 Å². The summed E-state index contributed by atoms with van der Waals surface area (Å²) in [6.45, 7) is 1.61. The van der Waals surface area contributed by atoms with Crippen LogP contribution in [0.3, 0.4) is 0 Å². The second kappa shape index (κ2) is 6.25. The van der Waals surface area contributed by atoms with Crippen molar-refractivity contribution in [1.82, 2.24) is 9.29 Å². The maximum Gasteiger partial charge on any atom is 0.236 e. The van der Waals surface area contributed by atoms with E-state index in [1.165, 1.54) is 21.1 Å². The highest BCUT2D eigenvalue weighted by Gasteiger charge is 2.21. The zero-order valence-electron chi connectivity index (χ0n) is 11.6. The molecule has 0 amide bonds. The molecule has 0 radical (unpaired) electrons. The number of ether oxygens (including phenoxy) is 1. The van der Waals surface area contributed by atoms with E-state index in [-0.39, 0.29) is 0 Å². The molecule has 1 saturated heterocycles. The molecule has 1 aromatic heterocycles. The van der Waals surface area contributed by atoms with Gasteiger partial charge in [0, 0.05) is 18.5 Å². The van der Waals surface area contributed by atoms with Crippen LogP contribution in [0.1, 0.15) is 15.4 Å². The lowest BCUT2D eigenvalue weighted by atomic mass is 10.2. The summed E-state index contributed by atoms with van der Waals surface area (Å²) >= 11 is 1.28. The van der Waals surface area contributed by atoms with Gasteiger partial charge < -0.3 is 4.74 Å². The summed E-state index contributed by atoms with van der Waals surface area (Å²) in [5.74, 6) is 0. The van der Waals surface area contributed by atoms with Crippen molar-refractivity contribution < 1.29 is 17.9 Å². The first-order valence-electron chi connectivity index (χ1n) is 6.70. The van der Waals surface area contributed by atoms with Gasteiger partial charge in [-0.3, -0.25) is 4.79 Å². The Balaban J connectivity index is 1.83. The molecule has 2 heterocycles. The molecule has 8 heteroatoms. The fourth-order valence-electron chi connectivity index (χ4n) is 2.16. The summed E-state index contributed by atoms with van der Waals surface area (Å²) in [6, 6.07) is 5.38. The Hall–Kier alpha value is -1.61. The molecular formula is C14H14N2O4S2. The molecule has 6 nitrogen and oxygen atoms in total. The maximum absolute atomic E-state index is 12.2. The molecule has 1 fully saturated rings. The lowest BCUT2D eigenvalue weighted by Crippen LogP contribution is -2.39. The van der Waals surface area contributed by atoms with Gasteiger partial charge in [-0.2, -0.15) is 4.31 Å². The van der Waals surface area contributed by atoms with E-state index in [9.17, 15) is 13.2 Å². The molecular weight excluding hydrogens is 324 g/mol. The van der Waals surface area contributed by atoms with Crippen LogP contribution in [-0.2, 0) is 14.8 Å². The molecule has 0 aliphatic carbocycles. The zero-order valence-corrected chi connectivity index (χ0v) is 13.3. The SMILES string of the molecule is O=Cc1nc2ccc(/C=C/S(=O)(=O)N3CCOCC3)cc2s1. The van der Waals surface area contributed by atoms with Crippen molar-refractivity contribution in [3.05, 3.63) is 34.2 Å². The first-order valence-corrected chi connectivity index (χ1v) is 9.02. The van der Waals surface area contributed by atoms with E-state index >= 15 is 0 Å². The predicted molar refractivity (Wildman–Crippen MR) is 85.4 cm³/mol. The zero-order chi connectivity index (χ0) is 15.6. The lowest BCUT2D eigenvalue weighted by Gasteiger charge is -2.24. The van der Waals surface area contributed by atoms with Crippen molar-refractivity contribution in [3.63, 3.8) is 0 Å². The van der Waals surface area contributed by atoms with Gasteiger partial charge >= 0.3 is 0 Å². The van der Waals surface area contributed by atoms with E-state index in [0.29, 0.717) is 37.6 Å². The molecule has 1 aromatic carbocycles. The third-order valence-electron chi connectivity index (χ3n) is 3.29. The molecule has 2 aromatic rings. The number of hydrogen-bond acceptors (Lipinski definition) is 6. The van der Waals surface area contributed by atoms with Crippen molar-refractivity contribution in [2.75, 3.05) is 26.3 Å². The number of aldehydes is 1. The Morgan fingerprint density at radius 1 is 1.27 bits per heavy atom. The Labute approximate surface area is 132 Å². The molecule has 22 heavy (non-hydrogen) atoms. The summed E-state index contributed by atoms with van der Waals surface area (Å²) < 4.78 is 31.8. The highest BCUT2D eigenvalue weighted by molar-refractivity contribution is 7.92. The van der Waals surface area contributed by atoms with Crippen LogP contribution in [-0.4, -0.2) is 50.3 Å². The minimum absolute atomic E-state index is 0.378. The summed E-state index contributed by atoms with van der Waals surface area (Å²) in [5, 5.41) is 1.62. The van der Waals surface area contributed by atoms with Gasteiger partial charge in [0.2, 0.25) is 10.0 Å². The van der Waals surface area contributed by atoms with Crippen LogP contribution in [0, 0.1) is 0 Å². The third-order valence-corrected chi connectivity index (χ3v) is 5.80. The van der Waals surface area contributed by atoms with E-state index in [0.717, 1.165) is 15.8 Å². The second-order valence-corrected chi connectivity index (χ2v) is 7.64. The maximum atomic E-state index is 12.2. The van der Waals surface area contributed by atoms with Crippen molar-refractivity contribution in [2.24, 2.45) is 0 Å². The van der Waals surface area contributed by atoms with Crippen LogP contribution in [0.15, 0.2) is 23.6 Å². The highest BCUT2D eigenvalue weighted by Crippen LogP contribution is 2.23. The van der Waals surface area contributed by atoms with Crippen LogP contribution < -0.4 is 0 Å². The van der Waals surface area contributed by atoms with E-state index in [4.69, 9.17) is 4.74 Å². The van der Waals surface area contributed by atoms with E-state index in [1.54, 1.807) is 18.2 Å². The number of fused-ring (bicyclic) bond motifs is 1. The predicted octanol–water partition coefficient (Wildman–Crippen LogP) is 1.74. The van der Waals surface area contributed by atoms with Gasteiger partial charge in [-0.25, -0.2) is 13.4 Å². The minimum atomic E-state index is -3.43. The van der Waals surface area contributed by atoms with E-state index in [2.05, 4.69) is 4.98 Å². The summed E-state index contributed by atoms with van der Waals surface area (Å²) in [4.78, 5) is 14.9. The number of sulfonamides is 1. The number of carbonyl (C=O) groups excluding carboxylic acids is 1. The van der Waals surface area contributed by atoms with Crippen LogP contribution in [0.5, 0.6) is 0 Å². The Bertz CT molecular complexity index is 820. The highest BCUT2D eigenvalue weighted by atomic mass is 32.2. The van der Waals surface area contributed by atoms with Crippen LogP contribution in [0.4, 0.5) is 0 Å². The van der Waals surface area contributed by atoms with Gasteiger partial charge in [0.25, 0.3) is 0 Å². The summed E-state index contributed by atoms with van der Waals surface area (Å²) in [6.07, 6.45) is 2.27. The molecule has 1 aliphatic heterocycles. The van der Waals surface area contributed by atoms with Gasteiger partial charge in [0.1, 0.15) is 0 Å². The Morgan fingerprint density at radius 2 is 2.05 bits per heavy atom. The standard InChI is InChI=1S/C14H14N2O4S2/c17-10-14-15-12-2-1-11(9-13(12)21-14)3-8-22(18,19)16-4-6-20-7-5-16/h1-3,8-10H,4-7H2/b8-3+. The number of benzene rings is 1. The fraction of sp³-hybridized carbons (Fsp3) is 0.286. The second-order valence-electron chi connectivity index (χ2n) is 4.76. The molecule has 0 bridgehead atoms. The molecule has 116 valence electrons. The van der Waals surface area contributed by atoms with Crippen LogP contribution in [0.2, 0.25) is 0 Å². The first kappa shape index (κ1) is 15.3. The normalized spacial score (nSPS) is 17.3. The van der Waals surface area contributed by atoms with Gasteiger partial charge in [-0.15, -0.1) is 11.3 Å². The number of hydrogen-bond donors (Lipinski definition) is 0. The van der Waals surface area contributed by atoms with E-state index < -0.39 is 10.0 Å². The largest absolute Gasteiger partial charge is 0.379 e. The smallest absolute Gasteiger partial charge is 0.236 e. The van der Waals surface area contributed by atoms with Gasteiger partial charge in [0.15, 0.2) is 11.3 Å². The molecule has 0 atom stereocenters. The molecule has 0 unspecified atom stereocenters. The van der Waals surface area contributed by atoms with Crippen molar-refractivity contribution in [1.29, 1.82) is 0 Å². The number of nitrogens with zero attached hydrogens (tertiary/aromatic N) is 2. The number of carbonyl (C=O) groups is 1. The van der Waals surface area contributed by atoms with Crippen molar-refractivity contribution >= 4 is 43.9 Å². The number of thiazole rings is 1.